The topological polar surface area (TPSA) is 37.3 Å². The predicted octanol–water partition coefficient (Wildman–Crippen LogP) is 3.14. The van der Waals surface area contributed by atoms with E-state index in [1.54, 1.807) is 25.6 Å². The standard InChI is InChI=1S/C14H18O2S/c1-14(2,13(15)16)17-12-8-7-10-5-3-4-6-11(10)9-12/h3-6,12H,7-9H2,1-2H3,(H,15,16). The molecule has 1 aromatic carbocycles. The third-order valence-corrected chi connectivity index (χ3v) is 4.78. The first-order valence-corrected chi connectivity index (χ1v) is 6.85. The first kappa shape index (κ1) is 12.5. The molecule has 0 fully saturated rings. The van der Waals surface area contributed by atoms with Gasteiger partial charge in [0.1, 0.15) is 4.75 Å². The normalized spacial score (nSPS) is 19.8. The highest BCUT2D eigenvalue weighted by Gasteiger charge is 2.32. The average Bonchev–Trinajstić information content (AvgIpc) is 2.28. The summed E-state index contributed by atoms with van der Waals surface area (Å²) in [6.45, 7) is 3.58. The Hall–Kier alpha value is -0.960. The van der Waals surface area contributed by atoms with E-state index in [0.29, 0.717) is 5.25 Å². The molecular weight excluding hydrogens is 232 g/mol. The molecule has 0 aromatic heterocycles. The molecule has 0 spiro atoms. The smallest absolute Gasteiger partial charge is 0.319 e. The van der Waals surface area contributed by atoms with E-state index in [1.165, 1.54) is 11.1 Å². The van der Waals surface area contributed by atoms with Gasteiger partial charge in [0, 0.05) is 5.25 Å². The number of benzene rings is 1. The van der Waals surface area contributed by atoms with Gasteiger partial charge in [-0.3, -0.25) is 4.79 Å². The van der Waals surface area contributed by atoms with Gasteiger partial charge in [-0.05, 0) is 44.2 Å². The Morgan fingerprint density at radius 1 is 1.35 bits per heavy atom. The second kappa shape index (κ2) is 4.73. The molecule has 3 heteroatoms. The second-order valence-corrected chi connectivity index (χ2v) is 6.99. The van der Waals surface area contributed by atoms with Gasteiger partial charge >= 0.3 is 5.97 Å². The van der Waals surface area contributed by atoms with Crippen LogP contribution in [0.2, 0.25) is 0 Å². The first-order valence-electron chi connectivity index (χ1n) is 5.97. The van der Waals surface area contributed by atoms with E-state index in [1.807, 2.05) is 0 Å². The molecule has 1 aliphatic rings. The van der Waals surface area contributed by atoms with Crippen molar-refractivity contribution in [2.24, 2.45) is 0 Å². The maximum absolute atomic E-state index is 11.1. The maximum Gasteiger partial charge on any atom is 0.319 e. The number of aryl methyl sites for hydroxylation is 1. The minimum atomic E-state index is -0.721. The van der Waals surface area contributed by atoms with Gasteiger partial charge < -0.3 is 5.11 Å². The zero-order valence-electron chi connectivity index (χ0n) is 10.3. The maximum atomic E-state index is 11.1. The van der Waals surface area contributed by atoms with E-state index < -0.39 is 10.7 Å². The largest absolute Gasteiger partial charge is 0.480 e. The molecule has 1 atom stereocenters. The monoisotopic (exact) mass is 250 g/mol. The lowest BCUT2D eigenvalue weighted by atomic mass is 9.91. The summed E-state index contributed by atoms with van der Waals surface area (Å²) in [7, 11) is 0. The van der Waals surface area contributed by atoms with Crippen LogP contribution in [0.5, 0.6) is 0 Å². The van der Waals surface area contributed by atoms with Gasteiger partial charge in [0.05, 0.1) is 0 Å². The quantitative estimate of drug-likeness (QED) is 0.895. The van der Waals surface area contributed by atoms with Crippen LogP contribution >= 0.6 is 11.8 Å². The number of fused-ring (bicyclic) bond motifs is 1. The summed E-state index contributed by atoms with van der Waals surface area (Å²) in [6.07, 6.45) is 3.15. The fourth-order valence-electron chi connectivity index (χ4n) is 2.23. The molecule has 0 radical (unpaired) electrons. The fraction of sp³-hybridized carbons (Fsp3) is 0.500. The summed E-state index contributed by atoms with van der Waals surface area (Å²) in [5.41, 5.74) is 2.81. The van der Waals surface area contributed by atoms with Crippen molar-refractivity contribution < 1.29 is 9.90 Å². The van der Waals surface area contributed by atoms with Crippen molar-refractivity contribution in [3.8, 4) is 0 Å². The highest BCUT2D eigenvalue weighted by molar-refractivity contribution is 8.01. The third-order valence-electron chi connectivity index (χ3n) is 3.28. The lowest BCUT2D eigenvalue weighted by Gasteiger charge is -2.29. The molecule has 1 unspecified atom stereocenters. The molecule has 0 amide bonds. The Bertz CT molecular complexity index is 426. The molecule has 1 N–H and O–H groups in total. The average molecular weight is 250 g/mol. The molecule has 0 heterocycles. The highest BCUT2D eigenvalue weighted by atomic mass is 32.2. The van der Waals surface area contributed by atoms with Crippen molar-refractivity contribution >= 4 is 17.7 Å². The van der Waals surface area contributed by atoms with Crippen LogP contribution in [0.1, 0.15) is 31.4 Å². The summed E-state index contributed by atoms with van der Waals surface area (Å²) in [6, 6.07) is 8.48. The second-order valence-electron chi connectivity index (χ2n) is 5.07. The summed E-state index contributed by atoms with van der Waals surface area (Å²) >= 11 is 1.59. The number of carboxylic acids is 1. The van der Waals surface area contributed by atoms with Crippen LogP contribution in [-0.4, -0.2) is 21.1 Å². The molecule has 0 saturated heterocycles. The lowest BCUT2D eigenvalue weighted by molar-refractivity contribution is -0.138. The van der Waals surface area contributed by atoms with Crippen molar-refractivity contribution in [3.05, 3.63) is 35.4 Å². The van der Waals surface area contributed by atoms with E-state index in [0.717, 1.165) is 19.3 Å². The van der Waals surface area contributed by atoms with Gasteiger partial charge in [0.25, 0.3) is 0 Å². The minimum absolute atomic E-state index is 0.427. The van der Waals surface area contributed by atoms with Crippen molar-refractivity contribution in [1.82, 2.24) is 0 Å². The molecule has 2 rings (SSSR count). The SMILES string of the molecule is CC(C)(SC1CCc2ccccc2C1)C(=O)O. The highest BCUT2D eigenvalue weighted by Crippen LogP contribution is 2.36. The molecule has 0 bridgehead atoms. The number of carbonyl (C=O) groups is 1. The Balaban J connectivity index is 2.06. The summed E-state index contributed by atoms with van der Waals surface area (Å²) in [5.74, 6) is -0.721. The van der Waals surface area contributed by atoms with Crippen molar-refractivity contribution in [3.63, 3.8) is 0 Å². The number of hydrogen-bond donors (Lipinski definition) is 1. The van der Waals surface area contributed by atoms with Crippen LogP contribution in [0.15, 0.2) is 24.3 Å². The van der Waals surface area contributed by atoms with Crippen LogP contribution in [0.4, 0.5) is 0 Å². The van der Waals surface area contributed by atoms with Crippen LogP contribution in [0.25, 0.3) is 0 Å². The zero-order chi connectivity index (χ0) is 12.5. The van der Waals surface area contributed by atoms with E-state index in [2.05, 4.69) is 24.3 Å². The predicted molar refractivity (Wildman–Crippen MR) is 71.6 cm³/mol. The Kier molecular flexibility index (Phi) is 3.48. The number of hydrogen-bond acceptors (Lipinski definition) is 2. The number of aliphatic carboxylic acids is 1. The Morgan fingerprint density at radius 2 is 2.00 bits per heavy atom. The molecule has 0 saturated carbocycles. The number of rotatable bonds is 3. The van der Waals surface area contributed by atoms with Crippen LogP contribution < -0.4 is 0 Å². The summed E-state index contributed by atoms with van der Waals surface area (Å²) < 4.78 is -0.684. The van der Waals surface area contributed by atoms with Gasteiger partial charge in [0.2, 0.25) is 0 Å². The number of carboxylic acid groups (broad SMARTS) is 1. The van der Waals surface area contributed by atoms with Crippen molar-refractivity contribution in [1.29, 1.82) is 0 Å². The number of thioether (sulfide) groups is 1. The molecule has 1 aliphatic carbocycles. The summed E-state index contributed by atoms with van der Waals surface area (Å²) in [4.78, 5) is 11.1. The molecule has 1 aromatic rings. The van der Waals surface area contributed by atoms with E-state index in [-0.39, 0.29) is 0 Å². The molecule has 92 valence electrons. The van der Waals surface area contributed by atoms with E-state index >= 15 is 0 Å². The first-order chi connectivity index (χ1) is 7.99. The Labute approximate surface area is 106 Å². The lowest BCUT2D eigenvalue weighted by Crippen LogP contribution is -2.32. The van der Waals surface area contributed by atoms with E-state index in [4.69, 9.17) is 5.11 Å². The molecule has 2 nitrogen and oxygen atoms in total. The molecule has 17 heavy (non-hydrogen) atoms. The van der Waals surface area contributed by atoms with E-state index in [9.17, 15) is 4.79 Å². The van der Waals surface area contributed by atoms with Gasteiger partial charge in [-0.25, -0.2) is 0 Å². The van der Waals surface area contributed by atoms with Crippen LogP contribution in [0.3, 0.4) is 0 Å². The van der Waals surface area contributed by atoms with Crippen LogP contribution in [-0.2, 0) is 17.6 Å². The van der Waals surface area contributed by atoms with Crippen molar-refractivity contribution in [2.45, 2.75) is 43.1 Å². The van der Waals surface area contributed by atoms with Gasteiger partial charge in [-0.2, -0.15) is 0 Å². The zero-order valence-corrected chi connectivity index (χ0v) is 11.1. The molecule has 0 aliphatic heterocycles. The minimum Gasteiger partial charge on any atom is -0.480 e. The van der Waals surface area contributed by atoms with Gasteiger partial charge in [-0.15, -0.1) is 11.8 Å². The third kappa shape index (κ3) is 2.83. The fourth-order valence-corrected chi connectivity index (χ4v) is 3.66. The van der Waals surface area contributed by atoms with Crippen LogP contribution in [0, 0.1) is 0 Å². The van der Waals surface area contributed by atoms with Gasteiger partial charge in [0.15, 0.2) is 0 Å². The van der Waals surface area contributed by atoms with Gasteiger partial charge in [-0.1, -0.05) is 24.3 Å². The Morgan fingerprint density at radius 3 is 2.65 bits per heavy atom. The molecular formula is C14H18O2S. The summed E-state index contributed by atoms with van der Waals surface area (Å²) in [5, 5.41) is 9.57. The van der Waals surface area contributed by atoms with Crippen molar-refractivity contribution in [2.75, 3.05) is 0 Å².